The number of halogens is 2. The van der Waals surface area contributed by atoms with Crippen LogP contribution in [0.5, 0.6) is 0 Å². The molecule has 0 aromatic heterocycles. The molecule has 0 radical (unpaired) electrons. The van der Waals surface area contributed by atoms with E-state index in [0.717, 1.165) is 0 Å². The number of alkyl halides is 2. The maximum Gasteiger partial charge on any atom is 0.414 e. The van der Waals surface area contributed by atoms with Crippen LogP contribution in [0.25, 0.3) is 0 Å². The molecule has 6 heteroatoms. The van der Waals surface area contributed by atoms with Crippen LogP contribution < -0.4 is 0 Å². The van der Waals surface area contributed by atoms with Gasteiger partial charge in [0.1, 0.15) is 0 Å². The quantitative estimate of drug-likeness (QED) is 0.554. The maximum absolute atomic E-state index is 12.6. The zero-order chi connectivity index (χ0) is 9.52. The summed E-state index contributed by atoms with van der Waals surface area (Å²) in [5.74, 6) is -5.45. The van der Waals surface area contributed by atoms with Gasteiger partial charge in [0, 0.05) is 5.57 Å². The van der Waals surface area contributed by atoms with E-state index in [1.807, 2.05) is 0 Å². The van der Waals surface area contributed by atoms with Gasteiger partial charge in [0.2, 0.25) is 0 Å². The van der Waals surface area contributed by atoms with E-state index in [4.69, 9.17) is 5.11 Å². The molecule has 1 heterocycles. The van der Waals surface area contributed by atoms with E-state index >= 15 is 0 Å². The van der Waals surface area contributed by atoms with Crippen molar-refractivity contribution in [2.45, 2.75) is 5.92 Å². The first kappa shape index (κ1) is 8.63. The van der Waals surface area contributed by atoms with Gasteiger partial charge in [-0.3, -0.25) is 4.79 Å². The van der Waals surface area contributed by atoms with Crippen LogP contribution in [0.4, 0.5) is 13.6 Å². The normalized spacial score (nSPS) is 21.7. The fourth-order valence-electron chi connectivity index (χ4n) is 0.837. The Labute approximate surface area is 66.1 Å². The SMILES string of the molecule is C=C1CN(C(=O)O)C(=O)C1(F)F. The lowest BCUT2D eigenvalue weighted by Crippen LogP contribution is -2.36. The lowest BCUT2D eigenvalue weighted by Gasteiger charge is -2.08. The second-order valence-corrected chi connectivity index (χ2v) is 2.35. The predicted molar refractivity (Wildman–Crippen MR) is 33.8 cm³/mol. The van der Waals surface area contributed by atoms with Crippen molar-refractivity contribution in [2.24, 2.45) is 0 Å². The van der Waals surface area contributed by atoms with E-state index in [2.05, 4.69) is 6.58 Å². The molecule has 0 aromatic carbocycles. The number of nitrogens with zero attached hydrogens (tertiary/aromatic N) is 1. The van der Waals surface area contributed by atoms with Crippen molar-refractivity contribution in [3.8, 4) is 0 Å². The number of carboxylic acid groups (broad SMARTS) is 1. The lowest BCUT2D eigenvalue weighted by atomic mass is 10.2. The summed E-state index contributed by atoms with van der Waals surface area (Å²) in [4.78, 5) is 20.8. The zero-order valence-electron chi connectivity index (χ0n) is 5.88. The van der Waals surface area contributed by atoms with Crippen molar-refractivity contribution in [2.75, 3.05) is 6.54 Å². The van der Waals surface area contributed by atoms with Gasteiger partial charge in [-0.05, 0) is 0 Å². The molecule has 0 spiro atoms. The molecule has 1 aliphatic heterocycles. The van der Waals surface area contributed by atoms with Gasteiger partial charge in [0.05, 0.1) is 6.54 Å². The number of carbonyl (C=O) groups is 2. The van der Waals surface area contributed by atoms with E-state index in [9.17, 15) is 18.4 Å². The van der Waals surface area contributed by atoms with Gasteiger partial charge in [-0.25, -0.2) is 9.69 Å². The monoisotopic (exact) mass is 177 g/mol. The standard InChI is InChI=1S/C6H5F2NO3/c1-3-2-9(5(11)12)4(10)6(3,7)8/h1-2H2,(H,11,12). The summed E-state index contributed by atoms with van der Waals surface area (Å²) in [5.41, 5.74) is -0.685. The van der Waals surface area contributed by atoms with E-state index < -0.39 is 30.0 Å². The highest BCUT2D eigenvalue weighted by atomic mass is 19.3. The summed E-state index contributed by atoms with van der Waals surface area (Å²) in [7, 11) is 0. The number of carbonyl (C=O) groups excluding carboxylic acids is 1. The first-order valence-corrected chi connectivity index (χ1v) is 2.98. The molecule has 66 valence electrons. The highest BCUT2D eigenvalue weighted by Crippen LogP contribution is 2.32. The van der Waals surface area contributed by atoms with Gasteiger partial charge in [-0.1, -0.05) is 6.58 Å². The summed E-state index contributed by atoms with van der Waals surface area (Å²) in [6.45, 7) is 2.29. The zero-order valence-corrected chi connectivity index (χ0v) is 5.88. The highest BCUT2D eigenvalue weighted by Gasteiger charge is 2.53. The number of likely N-dealkylation sites (tertiary alicyclic amines) is 1. The van der Waals surface area contributed by atoms with Gasteiger partial charge in [-0.2, -0.15) is 8.78 Å². The largest absolute Gasteiger partial charge is 0.465 e. The molecule has 0 unspecified atom stereocenters. The highest BCUT2D eigenvalue weighted by molar-refractivity contribution is 6.00. The summed E-state index contributed by atoms with van der Waals surface area (Å²) in [5, 5.41) is 8.26. The Morgan fingerprint density at radius 1 is 1.67 bits per heavy atom. The smallest absolute Gasteiger partial charge is 0.414 e. The number of rotatable bonds is 0. The fraction of sp³-hybridized carbons (Fsp3) is 0.333. The maximum atomic E-state index is 12.6. The predicted octanol–water partition coefficient (Wildman–Crippen LogP) is 0.698. The molecule has 1 rings (SSSR count). The first-order chi connectivity index (χ1) is 5.37. The number of hydrogen-bond donors (Lipinski definition) is 1. The molecule has 0 atom stereocenters. The Kier molecular flexibility index (Phi) is 1.63. The first-order valence-electron chi connectivity index (χ1n) is 2.98. The minimum atomic E-state index is -3.72. The molecule has 2 amide bonds. The molecule has 0 aliphatic carbocycles. The van der Waals surface area contributed by atoms with Gasteiger partial charge in [0.15, 0.2) is 0 Å². The number of imide groups is 1. The second-order valence-electron chi connectivity index (χ2n) is 2.35. The lowest BCUT2D eigenvalue weighted by molar-refractivity contribution is -0.143. The average molecular weight is 177 g/mol. The fourth-order valence-corrected chi connectivity index (χ4v) is 0.837. The van der Waals surface area contributed by atoms with E-state index in [-0.39, 0.29) is 4.90 Å². The van der Waals surface area contributed by atoms with Crippen molar-refractivity contribution in [3.63, 3.8) is 0 Å². The van der Waals surface area contributed by atoms with Gasteiger partial charge in [0.25, 0.3) is 0 Å². The molecule has 1 saturated heterocycles. The molecule has 0 saturated carbocycles. The van der Waals surface area contributed by atoms with Crippen LogP contribution in [-0.2, 0) is 4.79 Å². The van der Waals surface area contributed by atoms with E-state index in [1.54, 1.807) is 0 Å². The summed E-state index contributed by atoms with van der Waals surface area (Å²) in [6, 6.07) is 0. The minimum absolute atomic E-state index is 0.0440. The Balaban J connectivity index is 2.99. The molecular weight excluding hydrogens is 172 g/mol. The summed E-state index contributed by atoms with van der Waals surface area (Å²) < 4.78 is 25.2. The minimum Gasteiger partial charge on any atom is -0.465 e. The molecule has 1 N–H and O–H groups in total. The Bertz CT molecular complexity index is 274. The number of hydrogen-bond acceptors (Lipinski definition) is 2. The van der Waals surface area contributed by atoms with Crippen molar-refractivity contribution in [3.05, 3.63) is 12.2 Å². The molecule has 12 heavy (non-hydrogen) atoms. The van der Waals surface area contributed by atoms with Crippen LogP contribution in [0.2, 0.25) is 0 Å². The summed E-state index contributed by atoms with van der Waals surface area (Å²) in [6.07, 6.45) is -1.68. The molecule has 0 bridgehead atoms. The van der Waals surface area contributed by atoms with E-state index in [0.29, 0.717) is 0 Å². The van der Waals surface area contributed by atoms with Crippen LogP contribution in [0.15, 0.2) is 12.2 Å². The van der Waals surface area contributed by atoms with Crippen molar-refractivity contribution < 1.29 is 23.5 Å². The molecule has 4 nitrogen and oxygen atoms in total. The van der Waals surface area contributed by atoms with Gasteiger partial charge >= 0.3 is 17.9 Å². The topological polar surface area (TPSA) is 57.6 Å². The molecule has 1 aliphatic rings. The molecular formula is C6H5F2NO3. The van der Waals surface area contributed by atoms with Crippen LogP contribution in [-0.4, -0.2) is 34.5 Å². The van der Waals surface area contributed by atoms with Gasteiger partial charge in [-0.15, -0.1) is 0 Å². The van der Waals surface area contributed by atoms with Crippen LogP contribution in [0.1, 0.15) is 0 Å². The average Bonchev–Trinajstić information content (AvgIpc) is 2.13. The van der Waals surface area contributed by atoms with Crippen LogP contribution >= 0.6 is 0 Å². The van der Waals surface area contributed by atoms with Crippen molar-refractivity contribution in [1.29, 1.82) is 0 Å². The number of amides is 2. The Morgan fingerprint density at radius 2 is 2.17 bits per heavy atom. The van der Waals surface area contributed by atoms with Crippen molar-refractivity contribution in [1.82, 2.24) is 4.90 Å². The third kappa shape index (κ3) is 0.956. The van der Waals surface area contributed by atoms with E-state index in [1.165, 1.54) is 0 Å². The Morgan fingerprint density at radius 3 is 2.33 bits per heavy atom. The molecule has 1 fully saturated rings. The van der Waals surface area contributed by atoms with Gasteiger partial charge < -0.3 is 5.11 Å². The summed E-state index contributed by atoms with van der Waals surface area (Å²) >= 11 is 0. The Hall–Kier alpha value is -1.46. The van der Waals surface area contributed by atoms with Crippen LogP contribution in [0.3, 0.4) is 0 Å². The third-order valence-corrected chi connectivity index (χ3v) is 1.54. The second kappa shape index (κ2) is 2.26. The van der Waals surface area contributed by atoms with Crippen molar-refractivity contribution >= 4 is 12.0 Å². The van der Waals surface area contributed by atoms with Crippen LogP contribution in [0, 0.1) is 0 Å². The molecule has 0 aromatic rings. The third-order valence-electron chi connectivity index (χ3n) is 1.54.